The minimum Gasteiger partial charge on any atom is -0.480 e. The predicted molar refractivity (Wildman–Crippen MR) is 46.2 cm³/mol. The third-order valence-electron chi connectivity index (χ3n) is 1.37. The fourth-order valence-electron chi connectivity index (χ4n) is 0.657. The third kappa shape index (κ3) is 6.12. The van der Waals surface area contributed by atoms with Crippen LogP contribution in [0.2, 0.25) is 0 Å². The Bertz CT molecular complexity index is 136. The maximum absolute atomic E-state index is 10.3. The van der Waals surface area contributed by atoms with Gasteiger partial charge in [-0.1, -0.05) is 0 Å². The zero-order valence-electron chi connectivity index (χ0n) is 7.83. The molecule has 2 N–H and O–H groups in total. The molecule has 0 amide bonds. The summed E-state index contributed by atoms with van der Waals surface area (Å²) in [6, 6.07) is -0.499. The summed E-state index contributed by atoms with van der Waals surface area (Å²) in [6.07, 6.45) is 0.201. The highest BCUT2D eigenvalue weighted by Gasteiger charge is 2.08. The fourth-order valence-corrected chi connectivity index (χ4v) is 0.657. The molecule has 1 atom stereocenters. The molecular weight excluding hydrogens is 158 g/mol. The Hall–Kier alpha value is -0.610. The van der Waals surface area contributed by atoms with Crippen LogP contribution >= 0.6 is 0 Å². The summed E-state index contributed by atoms with van der Waals surface area (Å²) < 4.78 is 5.22. The van der Waals surface area contributed by atoms with Gasteiger partial charge >= 0.3 is 5.97 Å². The topological polar surface area (TPSA) is 58.6 Å². The van der Waals surface area contributed by atoms with Gasteiger partial charge < -0.3 is 15.2 Å². The molecule has 4 heteroatoms. The van der Waals surface area contributed by atoms with Gasteiger partial charge in [-0.15, -0.1) is 0 Å². The van der Waals surface area contributed by atoms with Crippen molar-refractivity contribution in [3.8, 4) is 0 Å². The minimum atomic E-state index is -0.834. The second kappa shape index (κ2) is 5.97. The van der Waals surface area contributed by atoms with E-state index < -0.39 is 12.0 Å². The lowest BCUT2D eigenvalue weighted by molar-refractivity contribution is -0.139. The molecule has 12 heavy (non-hydrogen) atoms. The van der Waals surface area contributed by atoms with Crippen LogP contribution in [-0.4, -0.2) is 36.4 Å². The van der Waals surface area contributed by atoms with Gasteiger partial charge in [-0.05, 0) is 20.8 Å². The number of carbonyl (C=O) groups is 1. The van der Waals surface area contributed by atoms with Crippen LogP contribution in [0.3, 0.4) is 0 Å². The second-order valence-electron chi connectivity index (χ2n) is 2.93. The van der Waals surface area contributed by atoms with E-state index in [-0.39, 0.29) is 6.10 Å². The van der Waals surface area contributed by atoms with Crippen LogP contribution in [0, 0.1) is 0 Å². The maximum atomic E-state index is 10.3. The summed E-state index contributed by atoms with van der Waals surface area (Å²) in [7, 11) is 0. The fraction of sp³-hybridized carbons (Fsp3) is 0.875. The van der Waals surface area contributed by atoms with Crippen molar-refractivity contribution in [3.63, 3.8) is 0 Å². The van der Waals surface area contributed by atoms with Gasteiger partial charge in [0.25, 0.3) is 0 Å². The van der Waals surface area contributed by atoms with Crippen molar-refractivity contribution in [3.05, 3.63) is 0 Å². The standard InChI is InChI=1S/C8H17NO3/c1-6(2)12-5-4-9-7(3)8(10)11/h6-7,9H,4-5H2,1-3H3,(H,10,11). The molecule has 0 aliphatic heterocycles. The highest BCUT2D eigenvalue weighted by atomic mass is 16.5. The molecule has 4 nitrogen and oxygen atoms in total. The molecule has 0 spiro atoms. The molecule has 1 unspecified atom stereocenters. The van der Waals surface area contributed by atoms with Crippen LogP contribution in [-0.2, 0) is 9.53 Å². The number of carboxylic acids is 1. The first-order valence-corrected chi connectivity index (χ1v) is 4.12. The van der Waals surface area contributed by atoms with Gasteiger partial charge in [0.15, 0.2) is 0 Å². The van der Waals surface area contributed by atoms with Crippen LogP contribution in [0.1, 0.15) is 20.8 Å². The van der Waals surface area contributed by atoms with Gasteiger partial charge in [-0.25, -0.2) is 0 Å². The van der Waals surface area contributed by atoms with Gasteiger partial charge in [0, 0.05) is 6.54 Å². The van der Waals surface area contributed by atoms with Crippen LogP contribution in [0.25, 0.3) is 0 Å². The lowest BCUT2D eigenvalue weighted by Gasteiger charge is -2.10. The smallest absolute Gasteiger partial charge is 0.320 e. The van der Waals surface area contributed by atoms with E-state index in [0.717, 1.165) is 0 Å². The van der Waals surface area contributed by atoms with Crippen LogP contribution in [0.5, 0.6) is 0 Å². The Balaban J connectivity index is 3.25. The van der Waals surface area contributed by atoms with Crippen LogP contribution in [0.4, 0.5) is 0 Å². The Labute approximate surface area is 72.9 Å². The molecule has 0 aromatic carbocycles. The molecular formula is C8H17NO3. The second-order valence-corrected chi connectivity index (χ2v) is 2.93. The molecule has 0 heterocycles. The van der Waals surface area contributed by atoms with E-state index in [1.807, 2.05) is 13.8 Å². The van der Waals surface area contributed by atoms with E-state index in [1.54, 1.807) is 6.92 Å². The molecule has 0 rings (SSSR count). The maximum Gasteiger partial charge on any atom is 0.320 e. The Morgan fingerprint density at radius 2 is 2.08 bits per heavy atom. The SMILES string of the molecule is CC(C)OCCNC(C)C(=O)O. The monoisotopic (exact) mass is 175 g/mol. The molecule has 0 bridgehead atoms. The molecule has 0 saturated carbocycles. The molecule has 72 valence electrons. The van der Waals surface area contributed by atoms with Crippen molar-refractivity contribution in [2.24, 2.45) is 0 Å². The van der Waals surface area contributed by atoms with Crippen molar-refractivity contribution < 1.29 is 14.6 Å². The van der Waals surface area contributed by atoms with E-state index in [2.05, 4.69) is 5.32 Å². The molecule has 0 radical (unpaired) electrons. The number of carboxylic acid groups (broad SMARTS) is 1. The highest BCUT2D eigenvalue weighted by molar-refractivity contribution is 5.72. The van der Waals surface area contributed by atoms with Gasteiger partial charge in [-0.2, -0.15) is 0 Å². The van der Waals surface area contributed by atoms with Crippen molar-refractivity contribution >= 4 is 5.97 Å². The van der Waals surface area contributed by atoms with E-state index in [9.17, 15) is 4.79 Å². The van der Waals surface area contributed by atoms with Crippen molar-refractivity contribution in [2.45, 2.75) is 32.9 Å². The summed E-state index contributed by atoms with van der Waals surface area (Å²) in [5.41, 5.74) is 0. The Morgan fingerprint density at radius 1 is 1.50 bits per heavy atom. The molecule has 0 aliphatic carbocycles. The average Bonchev–Trinajstić information content (AvgIpc) is 1.97. The summed E-state index contributed by atoms with van der Waals surface area (Å²) in [5, 5.41) is 11.3. The molecule has 0 fully saturated rings. The lowest BCUT2D eigenvalue weighted by atomic mass is 10.3. The van der Waals surface area contributed by atoms with Crippen LogP contribution in [0.15, 0.2) is 0 Å². The summed E-state index contributed by atoms with van der Waals surface area (Å²) in [5.74, 6) is -0.834. The van der Waals surface area contributed by atoms with Crippen molar-refractivity contribution in [1.29, 1.82) is 0 Å². The lowest BCUT2D eigenvalue weighted by Crippen LogP contribution is -2.36. The largest absolute Gasteiger partial charge is 0.480 e. The summed E-state index contributed by atoms with van der Waals surface area (Å²) in [6.45, 7) is 6.62. The average molecular weight is 175 g/mol. The quantitative estimate of drug-likeness (QED) is 0.576. The van der Waals surface area contributed by atoms with E-state index in [0.29, 0.717) is 13.2 Å². The summed E-state index contributed by atoms with van der Waals surface area (Å²) in [4.78, 5) is 10.3. The zero-order valence-corrected chi connectivity index (χ0v) is 7.83. The Kier molecular flexibility index (Phi) is 5.66. The number of rotatable bonds is 6. The van der Waals surface area contributed by atoms with E-state index >= 15 is 0 Å². The highest BCUT2D eigenvalue weighted by Crippen LogP contribution is 1.86. The number of aliphatic carboxylic acids is 1. The number of ether oxygens (including phenoxy) is 1. The van der Waals surface area contributed by atoms with Gasteiger partial charge in [-0.3, -0.25) is 4.79 Å². The third-order valence-corrected chi connectivity index (χ3v) is 1.37. The van der Waals surface area contributed by atoms with Crippen molar-refractivity contribution in [2.75, 3.05) is 13.2 Å². The first kappa shape index (κ1) is 11.4. The molecule has 0 saturated heterocycles. The zero-order chi connectivity index (χ0) is 9.56. The van der Waals surface area contributed by atoms with Gasteiger partial charge in [0.05, 0.1) is 12.7 Å². The van der Waals surface area contributed by atoms with Gasteiger partial charge in [0.1, 0.15) is 6.04 Å². The van der Waals surface area contributed by atoms with Crippen molar-refractivity contribution in [1.82, 2.24) is 5.32 Å². The molecule has 0 aromatic heterocycles. The first-order valence-electron chi connectivity index (χ1n) is 4.12. The predicted octanol–water partition coefficient (Wildman–Crippen LogP) is 0.474. The molecule has 0 aliphatic rings. The van der Waals surface area contributed by atoms with E-state index in [4.69, 9.17) is 9.84 Å². The number of hydrogen-bond acceptors (Lipinski definition) is 3. The van der Waals surface area contributed by atoms with Gasteiger partial charge in [0.2, 0.25) is 0 Å². The number of nitrogens with one attached hydrogen (secondary N) is 1. The Morgan fingerprint density at radius 3 is 2.50 bits per heavy atom. The first-order chi connectivity index (χ1) is 5.54. The number of hydrogen-bond donors (Lipinski definition) is 2. The molecule has 0 aromatic rings. The van der Waals surface area contributed by atoms with Crippen LogP contribution < -0.4 is 5.32 Å². The van der Waals surface area contributed by atoms with E-state index in [1.165, 1.54) is 0 Å². The normalized spacial score (nSPS) is 13.3. The minimum absolute atomic E-state index is 0.201. The summed E-state index contributed by atoms with van der Waals surface area (Å²) >= 11 is 0.